The Morgan fingerprint density at radius 3 is 2.00 bits per heavy atom. The van der Waals surface area contributed by atoms with Crippen LogP contribution in [0.5, 0.6) is 0 Å². The Morgan fingerprint density at radius 1 is 0.852 bits per heavy atom. The van der Waals surface area contributed by atoms with Crippen molar-refractivity contribution < 1.29 is 14.3 Å². The summed E-state index contributed by atoms with van der Waals surface area (Å²) in [5.41, 5.74) is 2.31. The minimum Gasteiger partial charge on any atom is -0.364 e. The van der Waals surface area contributed by atoms with Crippen molar-refractivity contribution in [2.75, 3.05) is 0 Å². The van der Waals surface area contributed by atoms with Crippen molar-refractivity contribution in [2.24, 2.45) is 0 Å². The molecule has 0 fully saturated rings. The normalized spacial score (nSPS) is 12.7. The van der Waals surface area contributed by atoms with E-state index in [-0.39, 0.29) is 12.5 Å². The summed E-state index contributed by atoms with van der Waals surface area (Å²) in [5, 5.41) is 2.94. The zero-order valence-corrected chi connectivity index (χ0v) is 14.8. The van der Waals surface area contributed by atoms with Crippen molar-refractivity contribution in [2.45, 2.75) is 18.8 Å². The highest BCUT2D eigenvalue weighted by Gasteiger charge is 2.26. The fourth-order valence-corrected chi connectivity index (χ4v) is 2.81. The van der Waals surface area contributed by atoms with Crippen LogP contribution in [-0.4, -0.2) is 18.3 Å². The van der Waals surface area contributed by atoms with Crippen molar-refractivity contribution in [3.8, 4) is 0 Å². The molecule has 136 valence electrons. The Morgan fingerprint density at radius 2 is 1.41 bits per heavy atom. The Balaban J connectivity index is 1.79. The molecule has 3 aromatic rings. The lowest BCUT2D eigenvalue weighted by atomic mass is 10.0. The van der Waals surface area contributed by atoms with Crippen LogP contribution in [0.25, 0.3) is 0 Å². The van der Waals surface area contributed by atoms with E-state index >= 15 is 0 Å². The summed E-state index contributed by atoms with van der Waals surface area (Å²) in [7, 11) is 0. The van der Waals surface area contributed by atoms with Gasteiger partial charge in [-0.15, -0.1) is 0 Å². The molecular weight excluding hydrogens is 338 g/mol. The van der Waals surface area contributed by atoms with Gasteiger partial charge in [-0.3, -0.25) is 4.79 Å². The largest absolute Gasteiger partial charge is 0.364 e. The smallest absolute Gasteiger partial charge is 0.251 e. The third-order valence-corrected chi connectivity index (χ3v) is 4.23. The van der Waals surface area contributed by atoms with Crippen LogP contribution in [0, 0.1) is 0 Å². The Kier molecular flexibility index (Phi) is 6.50. The summed E-state index contributed by atoms with van der Waals surface area (Å²) >= 11 is 0. The van der Waals surface area contributed by atoms with E-state index in [9.17, 15) is 9.59 Å². The highest BCUT2D eigenvalue weighted by Crippen LogP contribution is 2.20. The number of benzene rings is 3. The number of aldehydes is 1. The van der Waals surface area contributed by atoms with Gasteiger partial charge in [0.15, 0.2) is 6.29 Å². The third-order valence-electron chi connectivity index (χ3n) is 4.23. The molecule has 1 N–H and O–H groups in total. The molecular formula is C23H21NO3. The fraction of sp³-hybridized carbons (Fsp3) is 0.130. The van der Waals surface area contributed by atoms with Gasteiger partial charge in [-0.1, -0.05) is 78.9 Å². The Labute approximate surface area is 158 Å². The molecule has 2 atom stereocenters. The van der Waals surface area contributed by atoms with Crippen LogP contribution in [0.15, 0.2) is 91.0 Å². The molecule has 4 nitrogen and oxygen atoms in total. The zero-order valence-electron chi connectivity index (χ0n) is 14.8. The summed E-state index contributed by atoms with van der Waals surface area (Å²) in [6.07, 6.45) is -0.0634. The maximum absolute atomic E-state index is 12.6. The van der Waals surface area contributed by atoms with Crippen molar-refractivity contribution in [3.05, 3.63) is 108 Å². The average molecular weight is 359 g/mol. The molecule has 0 saturated carbocycles. The maximum atomic E-state index is 12.6. The van der Waals surface area contributed by atoms with Gasteiger partial charge in [0, 0.05) is 5.56 Å². The SMILES string of the molecule is O=C[C@@H](OCc1ccccc1)[C@H](NC(=O)c1ccccc1)c1ccccc1. The number of ether oxygens (including phenoxy) is 1. The first-order valence-corrected chi connectivity index (χ1v) is 8.79. The summed E-state index contributed by atoms with van der Waals surface area (Å²) in [4.78, 5) is 24.4. The van der Waals surface area contributed by atoms with E-state index in [1.54, 1.807) is 24.3 Å². The maximum Gasteiger partial charge on any atom is 0.251 e. The van der Waals surface area contributed by atoms with Crippen molar-refractivity contribution in [1.82, 2.24) is 5.32 Å². The second kappa shape index (κ2) is 9.46. The monoisotopic (exact) mass is 359 g/mol. The van der Waals surface area contributed by atoms with Gasteiger partial charge in [0.2, 0.25) is 0 Å². The second-order valence-electron chi connectivity index (χ2n) is 6.13. The lowest BCUT2D eigenvalue weighted by Crippen LogP contribution is -2.38. The number of carbonyl (C=O) groups excluding carboxylic acids is 2. The Hall–Kier alpha value is -3.24. The lowest BCUT2D eigenvalue weighted by Gasteiger charge is -2.25. The van der Waals surface area contributed by atoms with Gasteiger partial charge in [0.25, 0.3) is 5.91 Å². The van der Waals surface area contributed by atoms with Crippen LogP contribution < -0.4 is 5.32 Å². The number of carbonyl (C=O) groups is 2. The predicted octanol–water partition coefficient (Wildman–Crippen LogP) is 3.94. The number of amides is 1. The fourth-order valence-electron chi connectivity index (χ4n) is 2.81. The molecule has 0 aliphatic carbocycles. The highest BCUT2D eigenvalue weighted by molar-refractivity contribution is 5.94. The van der Waals surface area contributed by atoms with Crippen molar-refractivity contribution >= 4 is 12.2 Å². The average Bonchev–Trinajstić information content (AvgIpc) is 2.75. The molecule has 3 rings (SSSR count). The van der Waals surface area contributed by atoms with Crippen molar-refractivity contribution in [1.29, 1.82) is 0 Å². The van der Waals surface area contributed by atoms with Gasteiger partial charge >= 0.3 is 0 Å². The molecule has 0 bridgehead atoms. The van der Waals surface area contributed by atoms with E-state index in [0.717, 1.165) is 17.4 Å². The molecule has 0 aliphatic heterocycles. The molecule has 0 aromatic heterocycles. The number of hydrogen-bond donors (Lipinski definition) is 1. The van der Waals surface area contributed by atoms with Crippen LogP contribution in [-0.2, 0) is 16.1 Å². The van der Waals surface area contributed by atoms with E-state index < -0.39 is 12.1 Å². The van der Waals surface area contributed by atoms with Crippen LogP contribution in [0.1, 0.15) is 27.5 Å². The molecule has 4 heteroatoms. The quantitative estimate of drug-likeness (QED) is 0.620. The third kappa shape index (κ3) is 5.12. The number of rotatable bonds is 8. The van der Waals surface area contributed by atoms with Gasteiger partial charge in [-0.2, -0.15) is 0 Å². The van der Waals surface area contributed by atoms with Crippen LogP contribution in [0.4, 0.5) is 0 Å². The lowest BCUT2D eigenvalue weighted by molar-refractivity contribution is -0.120. The first kappa shape index (κ1) is 18.5. The summed E-state index contributed by atoms with van der Waals surface area (Å²) < 4.78 is 5.85. The molecule has 0 aliphatic rings. The van der Waals surface area contributed by atoms with Crippen molar-refractivity contribution in [3.63, 3.8) is 0 Å². The highest BCUT2D eigenvalue weighted by atomic mass is 16.5. The molecule has 0 heterocycles. The van der Waals surface area contributed by atoms with E-state index in [2.05, 4.69) is 5.32 Å². The molecule has 3 aromatic carbocycles. The second-order valence-corrected chi connectivity index (χ2v) is 6.13. The molecule has 0 spiro atoms. The molecule has 0 saturated heterocycles. The Bertz CT molecular complexity index is 851. The van der Waals surface area contributed by atoms with E-state index in [1.807, 2.05) is 66.7 Å². The zero-order chi connectivity index (χ0) is 18.9. The van der Waals surface area contributed by atoms with Crippen LogP contribution in [0.2, 0.25) is 0 Å². The topological polar surface area (TPSA) is 55.4 Å². The minimum atomic E-state index is -0.805. The van der Waals surface area contributed by atoms with E-state index in [4.69, 9.17) is 4.74 Å². The van der Waals surface area contributed by atoms with Crippen LogP contribution >= 0.6 is 0 Å². The predicted molar refractivity (Wildman–Crippen MR) is 104 cm³/mol. The minimum absolute atomic E-state index is 0.250. The van der Waals surface area contributed by atoms with Gasteiger partial charge in [-0.05, 0) is 23.3 Å². The first-order valence-electron chi connectivity index (χ1n) is 8.79. The van der Waals surface area contributed by atoms with Gasteiger partial charge in [0.05, 0.1) is 12.6 Å². The van der Waals surface area contributed by atoms with Gasteiger partial charge < -0.3 is 14.8 Å². The summed E-state index contributed by atoms with van der Waals surface area (Å²) in [6.45, 7) is 0.286. The molecule has 27 heavy (non-hydrogen) atoms. The number of nitrogens with one attached hydrogen (secondary N) is 1. The van der Waals surface area contributed by atoms with E-state index in [0.29, 0.717) is 5.56 Å². The van der Waals surface area contributed by atoms with E-state index in [1.165, 1.54) is 0 Å². The first-order chi connectivity index (χ1) is 13.3. The van der Waals surface area contributed by atoms with Gasteiger partial charge in [-0.25, -0.2) is 0 Å². The standard InChI is InChI=1S/C23H21NO3/c25-16-21(27-17-18-10-4-1-5-11-18)22(19-12-6-2-7-13-19)24-23(26)20-14-8-3-9-15-20/h1-16,21-22H,17H2,(H,24,26)/t21-,22-/m1/s1. The van der Waals surface area contributed by atoms with Crippen LogP contribution in [0.3, 0.4) is 0 Å². The molecule has 0 unspecified atom stereocenters. The number of hydrogen-bond acceptors (Lipinski definition) is 3. The molecule has 1 amide bonds. The summed E-state index contributed by atoms with van der Waals surface area (Å²) in [6, 6.07) is 27.3. The van der Waals surface area contributed by atoms with Gasteiger partial charge in [0.1, 0.15) is 6.10 Å². The summed E-state index contributed by atoms with van der Waals surface area (Å²) in [5.74, 6) is -0.250. The molecule has 0 radical (unpaired) electrons.